The molecule has 0 unspecified atom stereocenters. The summed E-state index contributed by atoms with van der Waals surface area (Å²) in [5.41, 5.74) is 3.15. The highest BCUT2D eigenvalue weighted by molar-refractivity contribution is 5.68. The van der Waals surface area contributed by atoms with Crippen molar-refractivity contribution in [3.05, 3.63) is 53.6 Å². The molecule has 1 N–H and O–H groups in total. The van der Waals surface area contributed by atoms with Crippen LogP contribution in [0.2, 0.25) is 0 Å². The number of imidazole rings is 1. The average molecular weight is 407 g/mol. The number of ether oxygens (including phenoxy) is 3. The first kappa shape index (κ1) is 19.6. The first-order chi connectivity index (χ1) is 14.7. The predicted molar refractivity (Wildman–Crippen MR) is 109 cm³/mol. The number of nitrogens with zero attached hydrogens (tertiary/aromatic N) is 5. The number of aliphatic hydroxyl groups is 1. The molecule has 0 atom stereocenters. The van der Waals surface area contributed by atoms with Crippen molar-refractivity contribution in [1.82, 2.24) is 24.6 Å². The zero-order chi connectivity index (χ0) is 21.3. The summed E-state index contributed by atoms with van der Waals surface area (Å²) in [6.07, 6.45) is 2.26. The van der Waals surface area contributed by atoms with Gasteiger partial charge in [-0.1, -0.05) is 6.07 Å². The van der Waals surface area contributed by atoms with Crippen LogP contribution in [-0.4, -0.2) is 51.0 Å². The second kappa shape index (κ2) is 7.96. The molecule has 4 heterocycles. The normalized spacial score (nSPS) is 11.6. The van der Waals surface area contributed by atoms with E-state index in [9.17, 15) is 0 Å². The Balaban J connectivity index is 0.00000106. The van der Waals surface area contributed by atoms with Gasteiger partial charge in [-0.3, -0.25) is 4.98 Å². The molecule has 30 heavy (non-hydrogen) atoms. The van der Waals surface area contributed by atoms with E-state index in [1.54, 1.807) is 31.0 Å². The van der Waals surface area contributed by atoms with E-state index >= 15 is 0 Å². The molecule has 9 nitrogen and oxygen atoms in total. The quantitative estimate of drug-likeness (QED) is 0.487. The van der Waals surface area contributed by atoms with E-state index in [0.29, 0.717) is 41.1 Å². The van der Waals surface area contributed by atoms with Crippen molar-refractivity contribution >= 4 is 5.52 Å². The molecule has 3 aromatic heterocycles. The lowest BCUT2D eigenvalue weighted by Gasteiger charge is -2.18. The first-order valence-electron chi connectivity index (χ1n) is 9.23. The molecule has 0 aliphatic carbocycles. The van der Waals surface area contributed by atoms with E-state index in [2.05, 4.69) is 15.1 Å². The molecular formula is C21H21N5O4. The number of rotatable bonds is 3. The van der Waals surface area contributed by atoms with Gasteiger partial charge < -0.3 is 19.3 Å². The molecule has 1 aliphatic rings. The summed E-state index contributed by atoms with van der Waals surface area (Å²) in [5, 5.41) is 11.6. The molecule has 0 saturated carbocycles. The molecular weight excluding hydrogens is 386 g/mol. The van der Waals surface area contributed by atoms with Crippen molar-refractivity contribution in [2.45, 2.75) is 13.3 Å². The first-order valence-corrected chi connectivity index (χ1v) is 9.23. The number of fused-ring (bicyclic) bond motifs is 2. The van der Waals surface area contributed by atoms with Gasteiger partial charge in [0.05, 0.1) is 19.9 Å². The summed E-state index contributed by atoms with van der Waals surface area (Å²) >= 11 is 0. The van der Waals surface area contributed by atoms with Gasteiger partial charge in [0.15, 0.2) is 17.0 Å². The van der Waals surface area contributed by atoms with Gasteiger partial charge in [0.2, 0.25) is 11.7 Å². The minimum atomic E-state index is 0.434. The maximum atomic E-state index is 7.00. The van der Waals surface area contributed by atoms with E-state index in [-0.39, 0.29) is 0 Å². The lowest BCUT2D eigenvalue weighted by atomic mass is 10.1. The van der Waals surface area contributed by atoms with Crippen molar-refractivity contribution in [3.63, 3.8) is 0 Å². The minimum Gasteiger partial charge on any atom is -0.493 e. The van der Waals surface area contributed by atoms with Crippen molar-refractivity contribution in [2.75, 3.05) is 21.3 Å². The molecule has 0 radical (unpaired) electrons. The Morgan fingerprint density at radius 2 is 1.93 bits per heavy atom. The minimum absolute atomic E-state index is 0.434. The van der Waals surface area contributed by atoms with Crippen LogP contribution in [0.15, 0.2) is 36.5 Å². The van der Waals surface area contributed by atoms with E-state index in [1.807, 2.05) is 31.2 Å². The van der Waals surface area contributed by atoms with Crippen LogP contribution in [0, 0.1) is 6.92 Å². The second-order valence-corrected chi connectivity index (χ2v) is 6.42. The van der Waals surface area contributed by atoms with Crippen molar-refractivity contribution in [2.24, 2.45) is 0 Å². The highest BCUT2D eigenvalue weighted by atomic mass is 16.5. The lowest BCUT2D eigenvalue weighted by molar-refractivity contribution is 0.348. The third-order valence-corrected chi connectivity index (χ3v) is 4.69. The largest absolute Gasteiger partial charge is 0.493 e. The molecule has 154 valence electrons. The van der Waals surface area contributed by atoms with E-state index < -0.39 is 0 Å². The number of benzene rings is 1. The van der Waals surface area contributed by atoms with Gasteiger partial charge in [-0.25, -0.2) is 9.50 Å². The molecule has 1 aromatic carbocycles. The van der Waals surface area contributed by atoms with Crippen molar-refractivity contribution < 1.29 is 19.3 Å². The van der Waals surface area contributed by atoms with Crippen LogP contribution in [0.3, 0.4) is 0 Å². The maximum absolute atomic E-state index is 7.00. The van der Waals surface area contributed by atoms with Gasteiger partial charge in [0, 0.05) is 31.4 Å². The van der Waals surface area contributed by atoms with E-state index in [0.717, 1.165) is 29.7 Å². The number of hydrogen-bond acceptors (Lipinski definition) is 8. The number of aromatic nitrogens is 5. The van der Waals surface area contributed by atoms with Crippen LogP contribution >= 0.6 is 0 Å². The fourth-order valence-corrected chi connectivity index (χ4v) is 3.48. The summed E-state index contributed by atoms with van der Waals surface area (Å²) in [6.45, 7) is 1.90. The fraction of sp³-hybridized carbons (Fsp3) is 0.238. The summed E-state index contributed by atoms with van der Waals surface area (Å²) < 4.78 is 18.9. The van der Waals surface area contributed by atoms with Gasteiger partial charge in [-0.05, 0) is 25.1 Å². The molecule has 1 aliphatic heterocycles. The number of aryl methyl sites for hydroxylation is 1. The van der Waals surface area contributed by atoms with Gasteiger partial charge in [0.1, 0.15) is 17.3 Å². The highest BCUT2D eigenvalue weighted by Gasteiger charge is 2.25. The summed E-state index contributed by atoms with van der Waals surface area (Å²) in [7, 11) is 4.23. The maximum Gasteiger partial charge on any atom is 0.249 e. The zero-order valence-corrected chi connectivity index (χ0v) is 17.1. The smallest absolute Gasteiger partial charge is 0.249 e. The number of aliphatic hydroxyl groups excluding tert-OH is 1. The third-order valence-electron chi connectivity index (χ3n) is 4.69. The Bertz CT molecular complexity index is 1210. The van der Waals surface area contributed by atoms with Gasteiger partial charge in [-0.15, -0.1) is 5.10 Å². The summed E-state index contributed by atoms with van der Waals surface area (Å²) in [4.78, 5) is 13.7. The van der Waals surface area contributed by atoms with E-state index in [1.165, 1.54) is 0 Å². The van der Waals surface area contributed by atoms with E-state index in [4.69, 9.17) is 24.3 Å². The third kappa shape index (κ3) is 3.18. The molecule has 0 spiro atoms. The molecule has 0 fully saturated rings. The Morgan fingerprint density at radius 1 is 1.10 bits per heavy atom. The lowest BCUT2D eigenvalue weighted by Crippen LogP contribution is -2.06. The number of hydrogen-bond donors (Lipinski definition) is 1. The number of pyridine rings is 1. The molecule has 5 rings (SSSR count). The summed E-state index contributed by atoms with van der Waals surface area (Å²) in [6, 6.07) is 9.32. The summed E-state index contributed by atoms with van der Waals surface area (Å²) in [5.74, 6) is 3.54. The molecule has 9 heteroatoms. The monoisotopic (exact) mass is 407 g/mol. The van der Waals surface area contributed by atoms with Crippen molar-refractivity contribution in [1.29, 1.82) is 0 Å². The standard InChI is InChI=1S/C20H17N5O3.CH4O/c1-11-22-15-9-12-8-13(10-16(26-2)18(12)27-3)28-20-17(15)25(11)24-19(23-20)14-6-4-5-7-21-14;1-2/h4-8,10H,9H2,1-3H3;2H,1H3. The number of methoxy groups -OCH3 is 2. The van der Waals surface area contributed by atoms with Gasteiger partial charge >= 0.3 is 0 Å². The van der Waals surface area contributed by atoms with Crippen molar-refractivity contribution in [3.8, 4) is 34.6 Å². The molecule has 4 aromatic rings. The van der Waals surface area contributed by atoms with Gasteiger partial charge in [-0.2, -0.15) is 4.98 Å². The SMILES string of the molecule is CO.COc1cc2cc(c1OC)Cc1nc(C)n3nc(-c4ccccn4)nc(c13)O2. The Morgan fingerprint density at radius 3 is 2.63 bits per heavy atom. The van der Waals surface area contributed by atoms with Crippen LogP contribution in [0.25, 0.3) is 17.0 Å². The Labute approximate surface area is 172 Å². The fourth-order valence-electron chi connectivity index (χ4n) is 3.48. The van der Waals surface area contributed by atoms with Crippen LogP contribution in [0.1, 0.15) is 17.1 Å². The van der Waals surface area contributed by atoms with Crippen LogP contribution in [0.5, 0.6) is 23.1 Å². The Hall–Kier alpha value is -3.72. The van der Waals surface area contributed by atoms with Gasteiger partial charge in [0.25, 0.3) is 0 Å². The average Bonchev–Trinajstić information content (AvgIpc) is 3.09. The molecule has 0 amide bonds. The molecule has 2 bridgehead atoms. The second-order valence-electron chi connectivity index (χ2n) is 6.42. The Kier molecular flexibility index (Phi) is 5.20. The van der Waals surface area contributed by atoms with Crippen LogP contribution in [-0.2, 0) is 6.42 Å². The predicted octanol–water partition coefficient (Wildman–Crippen LogP) is 2.82. The zero-order valence-electron chi connectivity index (χ0n) is 17.1. The molecule has 0 saturated heterocycles. The highest BCUT2D eigenvalue weighted by Crippen LogP contribution is 2.41. The van der Waals surface area contributed by atoms with Crippen LogP contribution < -0.4 is 14.2 Å². The topological polar surface area (TPSA) is 104 Å². The van der Waals surface area contributed by atoms with Crippen LogP contribution in [0.4, 0.5) is 0 Å².